The maximum Gasteiger partial charge on any atom is 0.123 e. The van der Waals surface area contributed by atoms with Gasteiger partial charge >= 0.3 is 0 Å². The summed E-state index contributed by atoms with van der Waals surface area (Å²) in [5.74, 6) is 0.158. The second-order valence-electron chi connectivity index (χ2n) is 4.21. The average molecular weight is 194 g/mol. The van der Waals surface area contributed by atoms with E-state index < -0.39 is 0 Å². The Labute approximate surface area is 87.9 Å². The van der Waals surface area contributed by atoms with Gasteiger partial charge in [0.25, 0.3) is 0 Å². The summed E-state index contributed by atoms with van der Waals surface area (Å²) in [6.07, 6.45) is 7.47. The van der Waals surface area contributed by atoms with Crippen molar-refractivity contribution in [1.29, 1.82) is 0 Å². The molecule has 0 fully saturated rings. The standard InChI is InChI=1S/C13H22O/c1-11(2)6-5-7-12(3)8-9-13(4)10-14/h8,10,13H,1,5-7,9H2,2-4H3. The number of aldehydes is 1. The molecule has 0 aromatic heterocycles. The molecule has 0 aliphatic carbocycles. The molecular formula is C13H22O. The van der Waals surface area contributed by atoms with Crippen LogP contribution in [-0.4, -0.2) is 6.29 Å². The predicted molar refractivity (Wildman–Crippen MR) is 62.3 cm³/mol. The molecule has 0 saturated carbocycles. The van der Waals surface area contributed by atoms with E-state index in [1.807, 2.05) is 6.92 Å². The fourth-order valence-corrected chi connectivity index (χ4v) is 1.21. The highest BCUT2D eigenvalue weighted by Gasteiger charge is 1.97. The first-order valence-corrected chi connectivity index (χ1v) is 5.31. The van der Waals surface area contributed by atoms with Crippen molar-refractivity contribution in [2.45, 2.75) is 46.5 Å². The predicted octanol–water partition coefficient (Wildman–Crippen LogP) is 3.90. The lowest BCUT2D eigenvalue weighted by Crippen LogP contribution is -1.93. The van der Waals surface area contributed by atoms with Crippen LogP contribution in [0.15, 0.2) is 23.8 Å². The van der Waals surface area contributed by atoms with Crippen LogP contribution in [0, 0.1) is 5.92 Å². The van der Waals surface area contributed by atoms with Crippen molar-refractivity contribution in [1.82, 2.24) is 0 Å². The molecule has 0 spiro atoms. The van der Waals surface area contributed by atoms with E-state index in [0.29, 0.717) is 0 Å². The largest absolute Gasteiger partial charge is 0.303 e. The van der Waals surface area contributed by atoms with Crippen molar-refractivity contribution in [2.75, 3.05) is 0 Å². The van der Waals surface area contributed by atoms with Crippen LogP contribution in [0.2, 0.25) is 0 Å². The van der Waals surface area contributed by atoms with Crippen LogP contribution < -0.4 is 0 Å². The van der Waals surface area contributed by atoms with Gasteiger partial charge in [-0.15, -0.1) is 6.58 Å². The fourth-order valence-electron chi connectivity index (χ4n) is 1.21. The van der Waals surface area contributed by atoms with Gasteiger partial charge in [0.05, 0.1) is 0 Å². The number of hydrogen-bond donors (Lipinski definition) is 0. The zero-order chi connectivity index (χ0) is 11.0. The molecular weight excluding hydrogens is 172 g/mol. The van der Waals surface area contributed by atoms with Gasteiger partial charge in [-0.3, -0.25) is 0 Å². The Hall–Kier alpha value is -0.850. The lowest BCUT2D eigenvalue weighted by molar-refractivity contribution is -0.110. The molecule has 1 heteroatoms. The van der Waals surface area contributed by atoms with Gasteiger partial charge in [-0.25, -0.2) is 0 Å². The number of hydrogen-bond acceptors (Lipinski definition) is 1. The molecule has 0 radical (unpaired) electrons. The molecule has 1 nitrogen and oxygen atoms in total. The van der Waals surface area contributed by atoms with Gasteiger partial charge in [0.15, 0.2) is 0 Å². The molecule has 0 N–H and O–H groups in total. The summed E-state index contributed by atoms with van der Waals surface area (Å²) in [7, 11) is 0. The number of carbonyl (C=O) groups is 1. The summed E-state index contributed by atoms with van der Waals surface area (Å²) in [6, 6.07) is 0. The third-order valence-electron chi connectivity index (χ3n) is 2.25. The minimum absolute atomic E-state index is 0.158. The molecule has 80 valence electrons. The van der Waals surface area contributed by atoms with E-state index >= 15 is 0 Å². The molecule has 1 unspecified atom stereocenters. The molecule has 0 aromatic rings. The smallest absolute Gasteiger partial charge is 0.123 e. The Balaban J connectivity index is 3.66. The number of allylic oxidation sites excluding steroid dienone is 3. The Kier molecular flexibility index (Phi) is 7.09. The van der Waals surface area contributed by atoms with Gasteiger partial charge in [-0.2, -0.15) is 0 Å². The van der Waals surface area contributed by atoms with Crippen LogP contribution in [0.3, 0.4) is 0 Å². The van der Waals surface area contributed by atoms with E-state index in [-0.39, 0.29) is 5.92 Å². The Bertz CT molecular complexity index is 213. The Morgan fingerprint density at radius 1 is 1.36 bits per heavy atom. The highest BCUT2D eigenvalue weighted by Crippen LogP contribution is 2.12. The fraction of sp³-hybridized carbons (Fsp3) is 0.615. The minimum atomic E-state index is 0.158. The lowest BCUT2D eigenvalue weighted by atomic mass is 10.0. The van der Waals surface area contributed by atoms with E-state index in [4.69, 9.17) is 0 Å². The van der Waals surface area contributed by atoms with Crippen LogP contribution in [0.25, 0.3) is 0 Å². The van der Waals surface area contributed by atoms with Gasteiger partial charge in [0.2, 0.25) is 0 Å². The van der Waals surface area contributed by atoms with E-state index in [1.165, 1.54) is 17.6 Å². The normalized spacial score (nSPS) is 13.8. The summed E-state index contributed by atoms with van der Waals surface area (Å²) in [4.78, 5) is 10.4. The molecule has 0 rings (SSSR count). The molecule has 0 heterocycles. The van der Waals surface area contributed by atoms with Crippen molar-refractivity contribution < 1.29 is 4.79 Å². The molecule has 0 aliphatic rings. The van der Waals surface area contributed by atoms with Crippen molar-refractivity contribution in [3.63, 3.8) is 0 Å². The third-order valence-corrected chi connectivity index (χ3v) is 2.25. The van der Waals surface area contributed by atoms with E-state index in [2.05, 4.69) is 26.5 Å². The zero-order valence-corrected chi connectivity index (χ0v) is 9.68. The molecule has 14 heavy (non-hydrogen) atoms. The monoisotopic (exact) mass is 194 g/mol. The molecule has 0 aliphatic heterocycles. The van der Waals surface area contributed by atoms with Crippen LogP contribution in [0.1, 0.15) is 46.5 Å². The van der Waals surface area contributed by atoms with Gasteiger partial charge in [-0.1, -0.05) is 24.1 Å². The first-order chi connectivity index (χ1) is 6.56. The Morgan fingerprint density at radius 2 is 2.00 bits per heavy atom. The Morgan fingerprint density at radius 3 is 2.50 bits per heavy atom. The maximum absolute atomic E-state index is 10.4. The molecule has 0 aromatic carbocycles. The highest BCUT2D eigenvalue weighted by atomic mass is 16.1. The van der Waals surface area contributed by atoms with E-state index in [1.54, 1.807) is 0 Å². The summed E-state index contributed by atoms with van der Waals surface area (Å²) < 4.78 is 0. The summed E-state index contributed by atoms with van der Waals surface area (Å²) in [6.45, 7) is 10.0. The maximum atomic E-state index is 10.4. The van der Waals surface area contributed by atoms with Gasteiger partial charge < -0.3 is 4.79 Å². The third kappa shape index (κ3) is 7.78. The number of rotatable bonds is 7. The van der Waals surface area contributed by atoms with Crippen LogP contribution >= 0.6 is 0 Å². The summed E-state index contributed by atoms with van der Waals surface area (Å²) >= 11 is 0. The SMILES string of the molecule is C=C(C)CCCC(C)=CCC(C)C=O. The van der Waals surface area contributed by atoms with E-state index in [0.717, 1.165) is 25.5 Å². The first-order valence-electron chi connectivity index (χ1n) is 5.31. The van der Waals surface area contributed by atoms with Crippen molar-refractivity contribution in [2.24, 2.45) is 5.92 Å². The minimum Gasteiger partial charge on any atom is -0.303 e. The molecule has 0 bridgehead atoms. The van der Waals surface area contributed by atoms with E-state index in [9.17, 15) is 4.79 Å². The first kappa shape index (κ1) is 13.2. The van der Waals surface area contributed by atoms with Gasteiger partial charge in [0.1, 0.15) is 6.29 Å². The molecule has 0 amide bonds. The second kappa shape index (κ2) is 7.54. The van der Waals surface area contributed by atoms with Gasteiger partial charge in [-0.05, 0) is 39.5 Å². The molecule has 0 saturated heterocycles. The summed E-state index contributed by atoms with van der Waals surface area (Å²) in [5, 5.41) is 0. The molecule has 1 atom stereocenters. The zero-order valence-electron chi connectivity index (χ0n) is 9.68. The second-order valence-corrected chi connectivity index (χ2v) is 4.21. The highest BCUT2D eigenvalue weighted by molar-refractivity contribution is 5.53. The van der Waals surface area contributed by atoms with Crippen molar-refractivity contribution in [3.8, 4) is 0 Å². The lowest BCUT2D eigenvalue weighted by Gasteiger charge is -2.03. The van der Waals surface area contributed by atoms with Crippen LogP contribution in [0.4, 0.5) is 0 Å². The topological polar surface area (TPSA) is 17.1 Å². The average Bonchev–Trinajstić information content (AvgIpc) is 2.13. The van der Waals surface area contributed by atoms with Gasteiger partial charge in [0, 0.05) is 5.92 Å². The number of carbonyl (C=O) groups excluding carboxylic acids is 1. The summed E-state index contributed by atoms with van der Waals surface area (Å²) in [5.41, 5.74) is 2.64. The van der Waals surface area contributed by atoms with Crippen molar-refractivity contribution in [3.05, 3.63) is 23.8 Å². The van der Waals surface area contributed by atoms with Crippen LogP contribution in [0.5, 0.6) is 0 Å². The quantitative estimate of drug-likeness (QED) is 0.443. The van der Waals surface area contributed by atoms with Crippen molar-refractivity contribution >= 4 is 6.29 Å². The van der Waals surface area contributed by atoms with Crippen LogP contribution in [-0.2, 0) is 4.79 Å².